The first-order chi connectivity index (χ1) is 11.0. The molecule has 1 heterocycles. The zero-order valence-electron chi connectivity index (χ0n) is 12.9. The van der Waals surface area contributed by atoms with E-state index in [-0.39, 0.29) is 6.61 Å². The molecule has 23 heavy (non-hydrogen) atoms. The van der Waals surface area contributed by atoms with Crippen LogP contribution in [0.25, 0.3) is 0 Å². The van der Waals surface area contributed by atoms with E-state index in [1.165, 1.54) is 11.8 Å². The number of alkyl carbamates (subject to hydrolysis) is 1. The van der Waals surface area contributed by atoms with Crippen molar-refractivity contribution in [1.82, 2.24) is 10.2 Å². The molecule has 2 rings (SSSR count). The minimum Gasteiger partial charge on any atom is -0.548 e. The monoisotopic (exact) mass is 319 g/mol. The molecule has 0 spiro atoms. The van der Waals surface area contributed by atoms with Crippen LogP contribution in [0.1, 0.15) is 25.3 Å². The number of amides is 2. The third kappa shape index (κ3) is 4.45. The van der Waals surface area contributed by atoms with Crippen LogP contribution in [0.2, 0.25) is 0 Å². The Bertz CT molecular complexity index is 575. The quantitative estimate of drug-likeness (QED) is 0.826. The molecule has 1 aromatic rings. The number of likely N-dealkylation sites (tertiary alicyclic amines) is 1. The molecule has 1 fully saturated rings. The standard InChI is InChI=1S/C16H20N2O5/c1-11(14(19)18-9-5-8-13(18)15(20)21)17-16(22)23-10-12-6-3-2-4-7-12/h2-4,6-7,11,13H,5,8-10H2,1H3,(H,17,22)(H,20,21)/p-1/t11-,13-/m0/s1. The molecule has 0 unspecified atom stereocenters. The average Bonchev–Trinajstić information content (AvgIpc) is 3.03. The van der Waals surface area contributed by atoms with Crippen molar-refractivity contribution in [2.24, 2.45) is 0 Å². The maximum Gasteiger partial charge on any atom is 0.408 e. The third-order valence-corrected chi connectivity index (χ3v) is 3.73. The highest BCUT2D eigenvalue weighted by Crippen LogP contribution is 2.17. The molecule has 0 bridgehead atoms. The van der Waals surface area contributed by atoms with Crippen LogP contribution in [-0.4, -0.2) is 41.5 Å². The molecular weight excluding hydrogens is 300 g/mol. The minimum absolute atomic E-state index is 0.0962. The molecule has 1 saturated heterocycles. The molecule has 1 N–H and O–H groups in total. The van der Waals surface area contributed by atoms with Gasteiger partial charge in [-0.2, -0.15) is 0 Å². The summed E-state index contributed by atoms with van der Waals surface area (Å²) in [5.41, 5.74) is 0.832. The Balaban J connectivity index is 1.83. The Kier molecular flexibility index (Phi) is 5.56. The number of nitrogens with zero attached hydrogens (tertiary/aromatic N) is 1. The zero-order chi connectivity index (χ0) is 16.8. The molecular formula is C16H19N2O5-. The Morgan fingerprint density at radius 1 is 1.35 bits per heavy atom. The van der Waals surface area contributed by atoms with Crippen LogP contribution in [0.5, 0.6) is 0 Å². The van der Waals surface area contributed by atoms with Gasteiger partial charge in [0.25, 0.3) is 0 Å². The highest BCUT2D eigenvalue weighted by Gasteiger charge is 2.32. The highest BCUT2D eigenvalue weighted by molar-refractivity contribution is 5.89. The fraction of sp³-hybridized carbons (Fsp3) is 0.438. The van der Waals surface area contributed by atoms with Crippen molar-refractivity contribution in [2.75, 3.05) is 6.54 Å². The lowest BCUT2D eigenvalue weighted by atomic mass is 10.2. The second kappa shape index (κ2) is 7.62. The predicted octanol–water partition coefficient (Wildman–Crippen LogP) is 0.0422. The third-order valence-electron chi connectivity index (χ3n) is 3.73. The van der Waals surface area contributed by atoms with Gasteiger partial charge in [-0.05, 0) is 25.3 Å². The number of hydrogen-bond donors (Lipinski definition) is 1. The van der Waals surface area contributed by atoms with E-state index >= 15 is 0 Å². The number of ether oxygens (including phenoxy) is 1. The van der Waals surface area contributed by atoms with Crippen LogP contribution in [-0.2, 0) is 20.9 Å². The van der Waals surface area contributed by atoms with Gasteiger partial charge in [-0.25, -0.2) is 4.79 Å². The molecule has 124 valence electrons. The van der Waals surface area contributed by atoms with Crippen molar-refractivity contribution in [3.05, 3.63) is 35.9 Å². The second-order valence-corrected chi connectivity index (χ2v) is 5.44. The fourth-order valence-electron chi connectivity index (χ4n) is 2.53. The van der Waals surface area contributed by atoms with Gasteiger partial charge in [0.1, 0.15) is 12.6 Å². The summed E-state index contributed by atoms with van der Waals surface area (Å²) >= 11 is 0. The van der Waals surface area contributed by atoms with Gasteiger partial charge in [0.2, 0.25) is 5.91 Å². The Hall–Kier alpha value is -2.57. The first-order valence-corrected chi connectivity index (χ1v) is 7.47. The summed E-state index contributed by atoms with van der Waals surface area (Å²) in [4.78, 5) is 36.2. The number of benzene rings is 1. The summed E-state index contributed by atoms with van der Waals surface area (Å²) in [6, 6.07) is 7.36. The van der Waals surface area contributed by atoms with Gasteiger partial charge in [0, 0.05) is 6.54 Å². The highest BCUT2D eigenvalue weighted by atomic mass is 16.5. The van der Waals surface area contributed by atoms with Gasteiger partial charge >= 0.3 is 6.09 Å². The van der Waals surface area contributed by atoms with Crippen LogP contribution in [0.15, 0.2) is 30.3 Å². The molecule has 7 heteroatoms. The van der Waals surface area contributed by atoms with Crippen molar-refractivity contribution in [3.8, 4) is 0 Å². The van der Waals surface area contributed by atoms with Gasteiger partial charge in [0.05, 0.1) is 12.0 Å². The van der Waals surface area contributed by atoms with Crippen LogP contribution < -0.4 is 10.4 Å². The van der Waals surface area contributed by atoms with Gasteiger partial charge in [-0.15, -0.1) is 0 Å². The number of carboxylic acid groups (broad SMARTS) is 1. The fourth-order valence-corrected chi connectivity index (χ4v) is 2.53. The van der Waals surface area contributed by atoms with Crippen molar-refractivity contribution in [2.45, 2.75) is 38.5 Å². The van der Waals surface area contributed by atoms with E-state index in [0.29, 0.717) is 19.4 Å². The first kappa shape index (κ1) is 16.8. The maximum absolute atomic E-state index is 12.2. The van der Waals surface area contributed by atoms with E-state index in [2.05, 4.69) is 5.32 Å². The smallest absolute Gasteiger partial charge is 0.408 e. The average molecular weight is 319 g/mol. The number of rotatable bonds is 5. The number of aliphatic carboxylic acids is 1. The molecule has 7 nitrogen and oxygen atoms in total. The molecule has 0 aliphatic carbocycles. The van der Waals surface area contributed by atoms with Crippen LogP contribution >= 0.6 is 0 Å². The Morgan fingerprint density at radius 2 is 2.04 bits per heavy atom. The lowest BCUT2D eigenvalue weighted by Crippen LogP contribution is -2.53. The van der Waals surface area contributed by atoms with Gasteiger partial charge in [-0.3, -0.25) is 4.79 Å². The van der Waals surface area contributed by atoms with Gasteiger partial charge < -0.3 is 24.9 Å². The van der Waals surface area contributed by atoms with E-state index in [1.54, 1.807) is 0 Å². The largest absolute Gasteiger partial charge is 0.548 e. The van der Waals surface area contributed by atoms with Gasteiger partial charge in [-0.1, -0.05) is 30.3 Å². The van der Waals surface area contributed by atoms with Crippen molar-refractivity contribution >= 4 is 18.0 Å². The summed E-state index contributed by atoms with van der Waals surface area (Å²) in [7, 11) is 0. The molecule has 1 aliphatic rings. The number of carboxylic acids is 1. The van der Waals surface area contributed by atoms with E-state index in [1.807, 2.05) is 30.3 Å². The normalized spacial score (nSPS) is 18.3. The Labute approximate surface area is 134 Å². The van der Waals surface area contributed by atoms with Crippen LogP contribution in [0.3, 0.4) is 0 Å². The number of nitrogens with one attached hydrogen (secondary N) is 1. The lowest BCUT2D eigenvalue weighted by molar-refractivity contribution is -0.310. The maximum atomic E-state index is 12.2. The SMILES string of the molecule is C[C@H](NC(=O)OCc1ccccc1)C(=O)N1CCC[C@H]1C(=O)[O-]. The molecule has 0 radical (unpaired) electrons. The predicted molar refractivity (Wildman–Crippen MR) is 79.0 cm³/mol. The Morgan fingerprint density at radius 3 is 2.70 bits per heavy atom. The van der Waals surface area contributed by atoms with E-state index in [4.69, 9.17) is 4.74 Å². The number of carbonyl (C=O) groups excluding carboxylic acids is 3. The number of carbonyl (C=O) groups is 3. The summed E-state index contributed by atoms with van der Waals surface area (Å²) in [6.07, 6.45) is 0.258. The lowest BCUT2D eigenvalue weighted by Gasteiger charge is -2.28. The summed E-state index contributed by atoms with van der Waals surface area (Å²) in [6.45, 7) is 1.94. The molecule has 1 aliphatic heterocycles. The van der Waals surface area contributed by atoms with Crippen molar-refractivity contribution in [1.29, 1.82) is 0 Å². The molecule has 0 saturated carbocycles. The van der Waals surface area contributed by atoms with E-state index in [0.717, 1.165) is 5.56 Å². The number of hydrogen-bond acceptors (Lipinski definition) is 5. The molecule has 2 amide bonds. The molecule has 2 atom stereocenters. The summed E-state index contributed by atoms with van der Waals surface area (Å²) in [5, 5.41) is 13.4. The van der Waals surface area contributed by atoms with Crippen LogP contribution in [0, 0.1) is 0 Å². The van der Waals surface area contributed by atoms with E-state index < -0.39 is 30.1 Å². The first-order valence-electron chi connectivity index (χ1n) is 7.47. The molecule has 0 aromatic heterocycles. The topological polar surface area (TPSA) is 98.8 Å². The second-order valence-electron chi connectivity index (χ2n) is 5.44. The zero-order valence-corrected chi connectivity index (χ0v) is 12.9. The van der Waals surface area contributed by atoms with Crippen molar-refractivity contribution < 1.29 is 24.2 Å². The minimum atomic E-state index is -1.27. The van der Waals surface area contributed by atoms with Crippen molar-refractivity contribution in [3.63, 3.8) is 0 Å². The van der Waals surface area contributed by atoms with Gasteiger partial charge in [0.15, 0.2) is 0 Å². The van der Waals surface area contributed by atoms with Crippen LogP contribution in [0.4, 0.5) is 4.79 Å². The van der Waals surface area contributed by atoms with E-state index in [9.17, 15) is 19.5 Å². The summed E-state index contributed by atoms with van der Waals surface area (Å²) in [5.74, 6) is -1.72. The summed E-state index contributed by atoms with van der Waals surface area (Å²) < 4.78 is 5.04. The molecule has 1 aromatic carbocycles.